The zero-order chi connectivity index (χ0) is 18.1. The lowest BCUT2D eigenvalue weighted by Gasteiger charge is -2.21. The van der Waals surface area contributed by atoms with E-state index in [1.807, 2.05) is 48.3 Å². The monoisotopic (exact) mass is 361 g/mol. The summed E-state index contributed by atoms with van der Waals surface area (Å²) in [4.78, 5) is 17.2. The van der Waals surface area contributed by atoms with Crippen molar-refractivity contribution in [3.05, 3.63) is 82.4 Å². The highest BCUT2D eigenvalue weighted by Gasteiger charge is 2.32. The van der Waals surface area contributed by atoms with Crippen molar-refractivity contribution in [1.82, 2.24) is 4.98 Å². The molecule has 0 fully saturated rings. The van der Waals surface area contributed by atoms with Gasteiger partial charge >= 0.3 is 0 Å². The highest BCUT2D eigenvalue weighted by Crippen LogP contribution is 2.39. The SMILES string of the molecule is CC(=O)c1sc(N2N=C(c3ccccc3)C[C@@H]2c2ccccc2)nc1C. The Morgan fingerprint density at radius 1 is 1.08 bits per heavy atom. The van der Waals surface area contributed by atoms with Gasteiger partial charge in [-0.3, -0.25) is 4.79 Å². The highest BCUT2D eigenvalue weighted by molar-refractivity contribution is 7.17. The van der Waals surface area contributed by atoms with Gasteiger partial charge in [0.1, 0.15) is 0 Å². The van der Waals surface area contributed by atoms with E-state index in [1.165, 1.54) is 16.9 Å². The average molecular weight is 361 g/mol. The molecule has 1 aromatic heterocycles. The molecule has 26 heavy (non-hydrogen) atoms. The van der Waals surface area contributed by atoms with E-state index in [2.05, 4.69) is 29.2 Å². The van der Waals surface area contributed by atoms with Crippen LogP contribution in [0.3, 0.4) is 0 Å². The number of benzene rings is 2. The van der Waals surface area contributed by atoms with Crippen LogP contribution in [0.5, 0.6) is 0 Å². The number of nitrogens with zero attached hydrogens (tertiary/aromatic N) is 3. The van der Waals surface area contributed by atoms with Crippen molar-refractivity contribution < 1.29 is 4.79 Å². The number of thiazole rings is 1. The third-order valence-corrected chi connectivity index (χ3v) is 5.75. The number of Topliss-reactive ketones (excluding diaryl/α,β-unsaturated/α-hetero) is 1. The third-order valence-electron chi connectivity index (χ3n) is 4.50. The summed E-state index contributed by atoms with van der Waals surface area (Å²) in [5.74, 6) is 0.0500. The van der Waals surface area contributed by atoms with Gasteiger partial charge in [0.15, 0.2) is 5.78 Å². The molecule has 0 unspecified atom stereocenters. The molecule has 0 spiro atoms. The van der Waals surface area contributed by atoms with Crippen molar-refractivity contribution in [2.45, 2.75) is 26.3 Å². The number of hydrazone groups is 1. The molecule has 0 saturated carbocycles. The Balaban J connectivity index is 1.77. The normalized spacial score (nSPS) is 16.6. The maximum Gasteiger partial charge on any atom is 0.207 e. The molecule has 4 nitrogen and oxygen atoms in total. The molecule has 1 aliphatic rings. The van der Waals surface area contributed by atoms with Gasteiger partial charge in [-0.05, 0) is 18.1 Å². The van der Waals surface area contributed by atoms with Gasteiger partial charge in [-0.25, -0.2) is 9.99 Å². The summed E-state index contributed by atoms with van der Waals surface area (Å²) >= 11 is 1.42. The molecule has 1 aliphatic heterocycles. The number of aryl methyl sites for hydroxylation is 1. The van der Waals surface area contributed by atoms with Gasteiger partial charge in [0.05, 0.1) is 22.3 Å². The van der Waals surface area contributed by atoms with Crippen LogP contribution in [0.2, 0.25) is 0 Å². The Morgan fingerprint density at radius 3 is 2.35 bits per heavy atom. The quantitative estimate of drug-likeness (QED) is 0.614. The van der Waals surface area contributed by atoms with Crippen molar-refractivity contribution in [2.75, 3.05) is 5.01 Å². The zero-order valence-electron chi connectivity index (χ0n) is 14.7. The second kappa shape index (κ2) is 6.84. The smallest absolute Gasteiger partial charge is 0.207 e. The van der Waals surface area contributed by atoms with E-state index in [4.69, 9.17) is 5.10 Å². The maximum absolute atomic E-state index is 11.8. The van der Waals surface area contributed by atoms with Gasteiger partial charge in [0, 0.05) is 13.3 Å². The number of hydrogen-bond acceptors (Lipinski definition) is 5. The number of ketones is 1. The van der Waals surface area contributed by atoms with E-state index in [0.29, 0.717) is 4.88 Å². The summed E-state index contributed by atoms with van der Waals surface area (Å²) in [5.41, 5.74) is 4.12. The number of carbonyl (C=O) groups excluding carboxylic acids is 1. The first-order chi connectivity index (χ1) is 12.6. The molecule has 5 heteroatoms. The molecule has 2 aromatic carbocycles. The van der Waals surface area contributed by atoms with Crippen molar-refractivity contribution in [3.63, 3.8) is 0 Å². The summed E-state index contributed by atoms with van der Waals surface area (Å²) in [7, 11) is 0. The molecule has 3 aromatic rings. The first-order valence-corrected chi connectivity index (χ1v) is 9.40. The minimum atomic E-state index is 0.0500. The van der Waals surface area contributed by atoms with E-state index < -0.39 is 0 Å². The molecule has 130 valence electrons. The largest absolute Gasteiger partial charge is 0.294 e. The average Bonchev–Trinajstić information content (AvgIpc) is 3.27. The molecule has 0 radical (unpaired) electrons. The van der Waals surface area contributed by atoms with Crippen molar-refractivity contribution in [1.29, 1.82) is 0 Å². The first-order valence-electron chi connectivity index (χ1n) is 8.59. The van der Waals surface area contributed by atoms with Crippen LogP contribution in [0.1, 0.15) is 45.9 Å². The van der Waals surface area contributed by atoms with E-state index >= 15 is 0 Å². The van der Waals surface area contributed by atoms with E-state index in [-0.39, 0.29) is 11.8 Å². The summed E-state index contributed by atoms with van der Waals surface area (Å²) in [6.07, 6.45) is 0.808. The molecule has 1 atom stereocenters. The van der Waals surface area contributed by atoms with Crippen LogP contribution in [0.25, 0.3) is 0 Å². The van der Waals surface area contributed by atoms with E-state index in [0.717, 1.165) is 28.5 Å². The summed E-state index contributed by atoms with van der Waals surface area (Å²) < 4.78 is 0. The molecule has 0 amide bonds. The molecule has 0 N–H and O–H groups in total. The van der Waals surface area contributed by atoms with Gasteiger partial charge in [-0.15, -0.1) is 0 Å². The van der Waals surface area contributed by atoms with Crippen LogP contribution in [-0.2, 0) is 0 Å². The second-order valence-corrected chi connectivity index (χ2v) is 7.33. The summed E-state index contributed by atoms with van der Waals surface area (Å²) in [5, 5.41) is 7.63. The topological polar surface area (TPSA) is 45.6 Å². The van der Waals surface area contributed by atoms with Crippen LogP contribution >= 0.6 is 11.3 Å². The molecule has 4 rings (SSSR count). The first kappa shape index (κ1) is 16.7. The second-order valence-electron chi connectivity index (χ2n) is 6.36. The number of carbonyl (C=O) groups is 1. The van der Waals surface area contributed by atoms with Crippen LogP contribution in [0, 0.1) is 6.92 Å². The summed E-state index contributed by atoms with van der Waals surface area (Å²) in [6, 6.07) is 20.6. The van der Waals surface area contributed by atoms with Crippen LogP contribution in [-0.4, -0.2) is 16.5 Å². The molecule has 0 saturated heterocycles. The fraction of sp³-hybridized carbons (Fsp3) is 0.190. The standard InChI is InChI=1S/C21H19N3OS/c1-14-20(15(2)25)26-21(22-14)24-19(17-11-7-4-8-12-17)13-18(23-24)16-9-5-3-6-10-16/h3-12,19H,13H2,1-2H3/t19-/m1/s1. The Kier molecular flexibility index (Phi) is 4.39. The molecular weight excluding hydrogens is 342 g/mol. The Hall–Kier alpha value is -2.79. The predicted molar refractivity (Wildman–Crippen MR) is 106 cm³/mol. The van der Waals surface area contributed by atoms with Crippen molar-refractivity contribution >= 4 is 28.0 Å². The lowest BCUT2D eigenvalue weighted by Crippen LogP contribution is -2.18. The van der Waals surface area contributed by atoms with Gasteiger partial charge in [0.2, 0.25) is 5.13 Å². The number of hydrogen-bond donors (Lipinski definition) is 0. The summed E-state index contributed by atoms with van der Waals surface area (Å²) in [6.45, 7) is 3.47. The van der Waals surface area contributed by atoms with Crippen LogP contribution in [0.4, 0.5) is 5.13 Å². The van der Waals surface area contributed by atoms with Crippen molar-refractivity contribution in [3.8, 4) is 0 Å². The number of rotatable bonds is 4. The van der Waals surface area contributed by atoms with Gasteiger partial charge < -0.3 is 0 Å². The van der Waals surface area contributed by atoms with Crippen LogP contribution in [0.15, 0.2) is 65.8 Å². The fourth-order valence-corrected chi connectivity index (χ4v) is 4.20. The molecular formula is C21H19N3OS. The highest BCUT2D eigenvalue weighted by atomic mass is 32.1. The molecule has 0 aliphatic carbocycles. The Labute approximate surface area is 156 Å². The third kappa shape index (κ3) is 3.06. The predicted octanol–water partition coefficient (Wildman–Crippen LogP) is 5.01. The van der Waals surface area contributed by atoms with Gasteiger partial charge in [-0.1, -0.05) is 72.0 Å². The molecule has 2 heterocycles. The van der Waals surface area contributed by atoms with Gasteiger partial charge in [-0.2, -0.15) is 5.10 Å². The number of aromatic nitrogens is 1. The maximum atomic E-state index is 11.8. The van der Waals surface area contributed by atoms with E-state index in [9.17, 15) is 4.79 Å². The zero-order valence-corrected chi connectivity index (χ0v) is 15.5. The fourth-order valence-electron chi connectivity index (χ4n) is 3.23. The Bertz CT molecular complexity index is 963. The minimum absolute atomic E-state index is 0.0500. The Morgan fingerprint density at radius 2 is 1.73 bits per heavy atom. The van der Waals surface area contributed by atoms with E-state index in [1.54, 1.807) is 6.92 Å². The lowest BCUT2D eigenvalue weighted by atomic mass is 9.99. The van der Waals surface area contributed by atoms with Gasteiger partial charge in [0.25, 0.3) is 0 Å². The molecule has 0 bridgehead atoms. The van der Waals surface area contributed by atoms with Crippen LogP contribution < -0.4 is 5.01 Å². The number of anilines is 1. The minimum Gasteiger partial charge on any atom is -0.294 e. The van der Waals surface area contributed by atoms with Crippen molar-refractivity contribution in [2.24, 2.45) is 5.10 Å². The lowest BCUT2D eigenvalue weighted by molar-refractivity contribution is 0.102.